The van der Waals surface area contributed by atoms with E-state index in [9.17, 15) is 4.79 Å². The van der Waals surface area contributed by atoms with Crippen LogP contribution in [0.1, 0.15) is 28.2 Å². The quantitative estimate of drug-likeness (QED) is 0.863. The molecule has 0 bridgehead atoms. The van der Waals surface area contributed by atoms with E-state index in [-0.39, 0.29) is 5.91 Å². The first-order valence-electron chi connectivity index (χ1n) is 8.65. The molecule has 0 unspecified atom stereocenters. The maximum absolute atomic E-state index is 12.8. The van der Waals surface area contributed by atoms with Gasteiger partial charge in [-0.25, -0.2) is 0 Å². The molecule has 1 fully saturated rings. The Bertz CT molecular complexity index is 720. The van der Waals surface area contributed by atoms with Crippen LogP contribution in [0.3, 0.4) is 0 Å². The highest BCUT2D eigenvalue weighted by atomic mass is 16.2. The van der Waals surface area contributed by atoms with Crippen molar-refractivity contribution >= 4 is 11.6 Å². The van der Waals surface area contributed by atoms with Gasteiger partial charge in [0.25, 0.3) is 5.91 Å². The van der Waals surface area contributed by atoms with E-state index in [1.807, 2.05) is 45.0 Å². The van der Waals surface area contributed by atoms with E-state index >= 15 is 0 Å². The first kappa shape index (κ1) is 16.6. The number of anilines is 1. The van der Waals surface area contributed by atoms with Crippen LogP contribution in [0.25, 0.3) is 0 Å². The van der Waals surface area contributed by atoms with Gasteiger partial charge in [0.1, 0.15) is 0 Å². The lowest BCUT2D eigenvalue weighted by atomic mass is 10.1. The minimum Gasteiger partial charge on any atom is -0.371 e. The average Bonchev–Trinajstić information content (AvgIpc) is 3.15. The number of nitrogens with zero attached hydrogens (tertiary/aromatic N) is 3. The van der Waals surface area contributed by atoms with Crippen molar-refractivity contribution in [2.24, 2.45) is 13.0 Å². The molecular weight excluding hydrogens is 298 g/mol. The molecule has 24 heavy (non-hydrogen) atoms. The summed E-state index contributed by atoms with van der Waals surface area (Å²) in [6, 6.07) is 12.5. The second-order valence-corrected chi connectivity index (χ2v) is 6.97. The Labute approximate surface area is 144 Å². The van der Waals surface area contributed by atoms with Gasteiger partial charge in [0.05, 0.1) is 5.56 Å². The summed E-state index contributed by atoms with van der Waals surface area (Å²) < 4.78 is 2.08. The van der Waals surface area contributed by atoms with E-state index in [4.69, 9.17) is 0 Å². The highest BCUT2D eigenvalue weighted by Gasteiger charge is 2.26. The van der Waals surface area contributed by atoms with E-state index in [2.05, 4.69) is 33.7 Å². The summed E-state index contributed by atoms with van der Waals surface area (Å²) in [4.78, 5) is 17.1. The predicted molar refractivity (Wildman–Crippen MR) is 98.6 cm³/mol. The molecule has 128 valence electrons. The van der Waals surface area contributed by atoms with Gasteiger partial charge in [-0.15, -0.1) is 0 Å². The number of rotatable bonds is 4. The molecule has 0 spiro atoms. The van der Waals surface area contributed by atoms with E-state index < -0.39 is 0 Å². The summed E-state index contributed by atoms with van der Waals surface area (Å²) in [7, 11) is 3.94. The van der Waals surface area contributed by atoms with Crippen molar-refractivity contribution in [1.82, 2.24) is 9.47 Å². The van der Waals surface area contributed by atoms with Crippen molar-refractivity contribution in [1.29, 1.82) is 0 Å². The molecule has 4 nitrogen and oxygen atoms in total. The standard InChI is InChI=1S/C20H27N3O/c1-15-12-19(16(2)22(15)4)20(24)21(3)13-17-10-11-23(14-17)18-8-6-5-7-9-18/h5-9,12,17H,10-11,13-14H2,1-4H3/t17-/m0/s1. The monoisotopic (exact) mass is 325 g/mol. The van der Waals surface area contributed by atoms with Gasteiger partial charge < -0.3 is 14.4 Å². The molecule has 1 aromatic heterocycles. The Hall–Kier alpha value is -2.23. The zero-order valence-electron chi connectivity index (χ0n) is 15.1. The van der Waals surface area contributed by atoms with Crippen LogP contribution >= 0.6 is 0 Å². The molecule has 1 aliphatic heterocycles. The van der Waals surface area contributed by atoms with Crippen LogP contribution in [-0.2, 0) is 7.05 Å². The number of carbonyl (C=O) groups excluding carboxylic acids is 1. The van der Waals surface area contributed by atoms with Gasteiger partial charge in [-0.05, 0) is 44.4 Å². The highest BCUT2D eigenvalue weighted by molar-refractivity contribution is 5.95. The van der Waals surface area contributed by atoms with Crippen LogP contribution in [0.2, 0.25) is 0 Å². The Balaban J connectivity index is 1.62. The molecule has 0 saturated carbocycles. The summed E-state index contributed by atoms with van der Waals surface area (Å²) in [6.07, 6.45) is 1.14. The molecule has 0 radical (unpaired) electrons. The fourth-order valence-corrected chi connectivity index (χ4v) is 3.60. The number of aromatic nitrogens is 1. The van der Waals surface area contributed by atoms with Crippen LogP contribution in [-0.4, -0.2) is 42.1 Å². The second-order valence-electron chi connectivity index (χ2n) is 6.97. The van der Waals surface area contributed by atoms with Crippen molar-refractivity contribution in [2.45, 2.75) is 20.3 Å². The molecule has 2 aromatic rings. The summed E-state index contributed by atoms with van der Waals surface area (Å²) in [6.45, 7) is 6.96. The minimum atomic E-state index is 0.134. The summed E-state index contributed by atoms with van der Waals surface area (Å²) in [5.41, 5.74) is 4.28. The molecule has 1 aliphatic rings. The Kier molecular flexibility index (Phi) is 4.65. The van der Waals surface area contributed by atoms with Crippen LogP contribution in [0.4, 0.5) is 5.69 Å². The third kappa shape index (κ3) is 3.18. The molecule has 1 atom stereocenters. The minimum absolute atomic E-state index is 0.134. The second kappa shape index (κ2) is 6.71. The molecule has 3 rings (SSSR count). The Morgan fingerprint density at radius 3 is 2.58 bits per heavy atom. The number of carbonyl (C=O) groups is 1. The fraction of sp³-hybridized carbons (Fsp3) is 0.450. The van der Waals surface area contributed by atoms with Crippen molar-refractivity contribution in [3.63, 3.8) is 0 Å². The van der Waals surface area contributed by atoms with Crippen LogP contribution in [0.5, 0.6) is 0 Å². The molecule has 4 heteroatoms. The first-order chi connectivity index (χ1) is 11.5. The number of aryl methyl sites for hydroxylation is 1. The van der Waals surface area contributed by atoms with Crippen LogP contribution in [0, 0.1) is 19.8 Å². The van der Waals surface area contributed by atoms with E-state index in [1.165, 1.54) is 5.69 Å². The third-order valence-electron chi connectivity index (χ3n) is 5.29. The van der Waals surface area contributed by atoms with Gasteiger partial charge in [0.2, 0.25) is 0 Å². The van der Waals surface area contributed by atoms with Gasteiger partial charge >= 0.3 is 0 Å². The smallest absolute Gasteiger partial charge is 0.255 e. The number of hydrogen-bond donors (Lipinski definition) is 0. The lowest BCUT2D eigenvalue weighted by Gasteiger charge is -2.22. The summed E-state index contributed by atoms with van der Waals surface area (Å²) in [5.74, 6) is 0.665. The van der Waals surface area contributed by atoms with Crippen LogP contribution < -0.4 is 4.90 Å². The number of amides is 1. The van der Waals surface area contributed by atoms with Crippen molar-refractivity contribution < 1.29 is 4.79 Å². The Morgan fingerprint density at radius 1 is 1.25 bits per heavy atom. The van der Waals surface area contributed by atoms with Crippen molar-refractivity contribution in [3.8, 4) is 0 Å². The van der Waals surface area contributed by atoms with E-state index in [0.29, 0.717) is 5.92 Å². The number of hydrogen-bond acceptors (Lipinski definition) is 2. The molecular formula is C20H27N3O. The summed E-state index contributed by atoms with van der Waals surface area (Å²) in [5, 5.41) is 0. The SMILES string of the molecule is Cc1cc(C(=O)N(C)C[C@@H]2CCN(c3ccccc3)C2)c(C)n1C. The zero-order chi connectivity index (χ0) is 17.3. The lowest BCUT2D eigenvalue weighted by molar-refractivity contribution is 0.0775. The molecule has 0 N–H and O–H groups in total. The molecule has 0 aliphatic carbocycles. The molecule has 2 heterocycles. The lowest BCUT2D eigenvalue weighted by Crippen LogP contribution is -2.33. The highest BCUT2D eigenvalue weighted by Crippen LogP contribution is 2.24. The fourth-order valence-electron chi connectivity index (χ4n) is 3.60. The van der Waals surface area contributed by atoms with E-state index in [1.54, 1.807) is 0 Å². The largest absolute Gasteiger partial charge is 0.371 e. The zero-order valence-corrected chi connectivity index (χ0v) is 15.1. The maximum atomic E-state index is 12.8. The maximum Gasteiger partial charge on any atom is 0.255 e. The average molecular weight is 325 g/mol. The summed E-state index contributed by atoms with van der Waals surface area (Å²) >= 11 is 0. The normalized spacial score (nSPS) is 17.3. The third-order valence-corrected chi connectivity index (χ3v) is 5.29. The van der Waals surface area contributed by atoms with Gasteiger partial charge in [-0.1, -0.05) is 18.2 Å². The molecule has 1 aromatic carbocycles. The first-order valence-corrected chi connectivity index (χ1v) is 8.65. The van der Waals surface area contributed by atoms with Crippen LogP contribution in [0.15, 0.2) is 36.4 Å². The van der Waals surface area contributed by atoms with Gasteiger partial charge in [0.15, 0.2) is 0 Å². The molecule has 1 amide bonds. The van der Waals surface area contributed by atoms with Crippen molar-refractivity contribution in [3.05, 3.63) is 53.3 Å². The topological polar surface area (TPSA) is 28.5 Å². The van der Waals surface area contributed by atoms with E-state index in [0.717, 1.165) is 43.0 Å². The molecule has 1 saturated heterocycles. The number of benzene rings is 1. The van der Waals surface area contributed by atoms with Gasteiger partial charge in [0, 0.05) is 50.8 Å². The Morgan fingerprint density at radius 2 is 1.96 bits per heavy atom. The van der Waals surface area contributed by atoms with Gasteiger partial charge in [-0.2, -0.15) is 0 Å². The number of para-hydroxylation sites is 1. The predicted octanol–water partition coefficient (Wildman–Crippen LogP) is 3.24. The van der Waals surface area contributed by atoms with Gasteiger partial charge in [-0.3, -0.25) is 4.79 Å². The van der Waals surface area contributed by atoms with Crippen molar-refractivity contribution in [2.75, 3.05) is 31.6 Å².